The summed E-state index contributed by atoms with van der Waals surface area (Å²) in [7, 11) is 0. The summed E-state index contributed by atoms with van der Waals surface area (Å²) in [6.45, 7) is 0. The lowest BCUT2D eigenvalue weighted by molar-refractivity contribution is -0.137. The molecule has 0 aliphatic heterocycles. The van der Waals surface area contributed by atoms with Gasteiger partial charge in [-0.1, -0.05) is 54.6 Å². The highest BCUT2D eigenvalue weighted by Gasteiger charge is 2.10. The molecule has 0 radical (unpaired) electrons. The third-order valence-corrected chi connectivity index (χ3v) is 4.08. The second kappa shape index (κ2) is 7.12. The molecule has 0 bridgehead atoms. The molecule has 2 aromatic rings. The van der Waals surface area contributed by atoms with Crippen LogP contribution in [0, 0.1) is 0 Å². The van der Waals surface area contributed by atoms with Crippen LogP contribution in [-0.4, -0.2) is 22.9 Å². The van der Waals surface area contributed by atoms with E-state index in [9.17, 15) is 4.79 Å². The molecule has 0 aliphatic carbocycles. The first-order valence-electron chi connectivity index (χ1n) is 6.37. The van der Waals surface area contributed by atoms with E-state index in [1.807, 2.05) is 18.2 Å². The number of carbonyl (C=O) groups is 1. The molecule has 0 aromatic heterocycles. The second-order valence-electron chi connectivity index (χ2n) is 4.52. The van der Waals surface area contributed by atoms with Gasteiger partial charge in [-0.15, -0.1) is 0 Å². The van der Waals surface area contributed by atoms with Crippen LogP contribution in [0.5, 0.6) is 0 Å². The van der Waals surface area contributed by atoms with Gasteiger partial charge in [-0.3, -0.25) is 4.79 Å². The molecule has 1 atom stereocenters. The Kier molecular flexibility index (Phi) is 5.21. The summed E-state index contributed by atoms with van der Waals surface area (Å²) in [6, 6.07) is 17.7. The van der Waals surface area contributed by atoms with Gasteiger partial charge in [0.2, 0.25) is 0 Å². The number of hydrogen-bond donors (Lipinski definition) is 2. The number of carboxylic acids is 1. The van der Waals surface area contributed by atoms with E-state index < -0.39 is 12.0 Å². The van der Waals surface area contributed by atoms with Gasteiger partial charge in [0, 0.05) is 11.5 Å². The summed E-state index contributed by atoms with van der Waals surface area (Å²) in [5.74, 6) is 0.253. The van der Waals surface area contributed by atoms with Gasteiger partial charge >= 0.3 is 5.97 Å². The molecule has 0 heterocycles. The molecule has 3 nitrogen and oxygen atoms in total. The summed E-state index contributed by atoms with van der Waals surface area (Å²) in [6.07, 6.45) is 0. The minimum Gasteiger partial charge on any atom is -0.480 e. The number of hydrogen-bond acceptors (Lipinski definition) is 3. The fourth-order valence-electron chi connectivity index (χ4n) is 1.80. The standard InChI is InChI=1S/C16H17NO2S/c17-15(16(18)19)11-20-10-12-6-8-14(9-7-12)13-4-2-1-3-5-13/h1-9,15H,10-11,17H2,(H,18,19)/t15-/m1/s1. The fraction of sp³-hybridized carbons (Fsp3) is 0.188. The summed E-state index contributed by atoms with van der Waals surface area (Å²) in [4.78, 5) is 10.6. The van der Waals surface area contributed by atoms with E-state index in [1.165, 1.54) is 28.5 Å². The van der Waals surface area contributed by atoms with Gasteiger partial charge < -0.3 is 10.8 Å². The summed E-state index contributed by atoms with van der Waals surface area (Å²) >= 11 is 1.54. The van der Waals surface area contributed by atoms with E-state index in [4.69, 9.17) is 10.8 Å². The number of carboxylic acid groups (broad SMARTS) is 1. The monoisotopic (exact) mass is 287 g/mol. The number of nitrogens with two attached hydrogens (primary N) is 1. The Hall–Kier alpha value is -1.78. The van der Waals surface area contributed by atoms with Crippen molar-refractivity contribution in [3.05, 3.63) is 60.2 Å². The molecule has 0 fully saturated rings. The average molecular weight is 287 g/mol. The van der Waals surface area contributed by atoms with Gasteiger partial charge in [0.15, 0.2) is 0 Å². The lowest BCUT2D eigenvalue weighted by atomic mass is 10.0. The van der Waals surface area contributed by atoms with Crippen molar-refractivity contribution in [2.24, 2.45) is 5.73 Å². The zero-order valence-corrected chi connectivity index (χ0v) is 11.8. The molecule has 3 N–H and O–H groups in total. The van der Waals surface area contributed by atoms with Gasteiger partial charge in [-0.2, -0.15) is 11.8 Å². The summed E-state index contributed by atoms with van der Waals surface area (Å²) < 4.78 is 0. The summed E-state index contributed by atoms with van der Waals surface area (Å²) in [5, 5.41) is 8.70. The predicted octanol–water partition coefficient (Wildman–Crippen LogP) is 3.00. The van der Waals surface area contributed by atoms with Crippen LogP contribution in [0.2, 0.25) is 0 Å². The first kappa shape index (κ1) is 14.6. The van der Waals surface area contributed by atoms with Crippen LogP contribution in [0.4, 0.5) is 0 Å². The molecule has 4 heteroatoms. The molecule has 0 saturated heterocycles. The Morgan fingerprint density at radius 2 is 1.65 bits per heavy atom. The highest BCUT2D eigenvalue weighted by atomic mass is 32.2. The second-order valence-corrected chi connectivity index (χ2v) is 5.55. The van der Waals surface area contributed by atoms with Gasteiger partial charge in [-0.05, 0) is 16.7 Å². The maximum absolute atomic E-state index is 10.6. The molecule has 0 saturated carbocycles. The maximum atomic E-state index is 10.6. The van der Waals surface area contributed by atoms with Gasteiger partial charge in [0.1, 0.15) is 6.04 Å². The van der Waals surface area contributed by atoms with Crippen molar-refractivity contribution in [3.63, 3.8) is 0 Å². The van der Waals surface area contributed by atoms with E-state index in [2.05, 4.69) is 36.4 Å². The van der Waals surface area contributed by atoms with Crippen molar-refractivity contribution in [1.82, 2.24) is 0 Å². The van der Waals surface area contributed by atoms with Crippen molar-refractivity contribution in [2.75, 3.05) is 5.75 Å². The van der Waals surface area contributed by atoms with E-state index in [1.54, 1.807) is 0 Å². The van der Waals surface area contributed by atoms with Crippen LogP contribution >= 0.6 is 11.8 Å². The normalized spacial score (nSPS) is 12.1. The first-order chi connectivity index (χ1) is 9.66. The molecule has 20 heavy (non-hydrogen) atoms. The van der Waals surface area contributed by atoms with E-state index in [0.29, 0.717) is 5.75 Å². The minimum atomic E-state index is -0.947. The molecular weight excluding hydrogens is 270 g/mol. The van der Waals surface area contributed by atoms with Crippen LogP contribution < -0.4 is 5.73 Å². The lowest BCUT2D eigenvalue weighted by Crippen LogP contribution is -2.32. The van der Waals surface area contributed by atoms with Crippen LogP contribution in [0.1, 0.15) is 5.56 Å². The number of aliphatic carboxylic acids is 1. The Bertz CT molecular complexity index is 554. The predicted molar refractivity (Wildman–Crippen MR) is 83.7 cm³/mol. The molecule has 0 aliphatic rings. The highest BCUT2D eigenvalue weighted by molar-refractivity contribution is 7.98. The molecular formula is C16H17NO2S. The molecule has 0 unspecified atom stereocenters. The van der Waals surface area contributed by atoms with E-state index in [0.717, 1.165) is 5.75 Å². The Balaban J connectivity index is 1.91. The molecule has 104 valence electrons. The van der Waals surface area contributed by atoms with Crippen LogP contribution in [0.3, 0.4) is 0 Å². The summed E-state index contributed by atoms with van der Waals surface area (Å²) in [5.41, 5.74) is 9.01. The third kappa shape index (κ3) is 4.11. The van der Waals surface area contributed by atoms with Gasteiger partial charge in [0.05, 0.1) is 0 Å². The van der Waals surface area contributed by atoms with E-state index >= 15 is 0 Å². The van der Waals surface area contributed by atoms with Gasteiger partial charge in [-0.25, -0.2) is 0 Å². The third-order valence-electron chi connectivity index (χ3n) is 2.94. The van der Waals surface area contributed by atoms with Crippen molar-refractivity contribution in [3.8, 4) is 11.1 Å². The molecule has 2 aromatic carbocycles. The lowest BCUT2D eigenvalue weighted by Gasteiger charge is -2.07. The van der Waals surface area contributed by atoms with Gasteiger partial charge in [0.25, 0.3) is 0 Å². The zero-order valence-electron chi connectivity index (χ0n) is 11.0. The zero-order chi connectivity index (χ0) is 14.4. The maximum Gasteiger partial charge on any atom is 0.321 e. The van der Waals surface area contributed by atoms with Crippen molar-refractivity contribution >= 4 is 17.7 Å². The van der Waals surface area contributed by atoms with Crippen LogP contribution in [0.25, 0.3) is 11.1 Å². The number of benzene rings is 2. The van der Waals surface area contributed by atoms with E-state index in [-0.39, 0.29) is 0 Å². The fourth-order valence-corrected chi connectivity index (χ4v) is 2.74. The quantitative estimate of drug-likeness (QED) is 0.857. The number of rotatable bonds is 6. The van der Waals surface area contributed by atoms with Crippen LogP contribution in [0.15, 0.2) is 54.6 Å². The minimum absolute atomic E-state index is 0.426. The van der Waals surface area contributed by atoms with Crippen molar-refractivity contribution in [1.29, 1.82) is 0 Å². The number of thioether (sulfide) groups is 1. The Labute approximate surface area is 122 Å². The molecule has 0 amide bonds. The van der Waals surface area contributed by atoms with Crippen LogP contribution in [-0.2, 0) is 10.5 Å². The van der Waals surface area contributed by atoms with Crippen molar-refractivity contribution < 1.29 is 9.90 Å². The SMILES string of the molecule is N[C@H](CSCc1ccc(-c2ccccc2)cc1)C(=O)O. The Morgan fingerprint density at radius 3 is 2.25 bits per heavy atom. The molecule has 0 spiro atoms. The largest absolute Gasteiger partial charge is 0.480 e. The smallest absolute Gasteiger partial charge is 0.321 e. The Morgan fingerprint density at radius 1 is 1.05 bits per heavy atom. The first-order valence-corrected chi connectivity index (χ1v) is 7.53. The average Bonchev–Trinajstić information content (AvgIpc) is 2.48. The van der Waals surface area contributed by atoms with Crippen molar-refractivity contribution in [2.45, 2.75) is 11.8 Å². The molecule has 2 rings (SSSR count). The highest BCUT2D eigenvalue weighted by Crippen LogP contribution is 2.21. The topological polar surface area (TPSA) is 63.3 Å².